The quantitative estimate of drug-likeness (QED) is 0.844. The lowest BCUT2D eigenvalue weighted by Gasteiger charge is -2.19. The highest BCUT2D eigenvalue weighted by atomic mass is 16.5. The van der Waals surface area contributed by atoms with E-state index in [1.165, 1.54) is 11.1 Å². The predicted molar refractivity (Wildman–Crippen MR) is 89.0 cm³/mol. The highest BCUT2D eigenvalue weighted by Gasteiger charge is 2.13. The van der Waals surface area contributed by atoms with Gasteiger partial charge < -0.3 is 10.1 Å². The van der Waals surface area contributed by atoms with Crippen molar-refractivity contribution >= 4 is 0 Å². The van der Waals surface area contributed by atoms with Gasteiger partial charge in [-0.05, 0) is 35.7 Å². The van der Waals surface area contributed by atoms with E-state index < -0.39 is 0 Å². The fourth-order valence-electron chi connectivity index (χ4n) is 2.16. The first-order chi connectivity index (χ1) is 10.0. The lowest BCUT2D eigenvalue weighted by atomic mass is 9.87. The van der Waals surface area contributed by atoms with E-state index in [4.69, 9.17) is 4.74 Å². The van der Waals surface area contributed by atoms with Crippen LogP contribution in [-0.2, 0) is 12.0 Å². The molecule has 0 aliphatic rings. The Morgan fingerprint density at radius 1 is 0.952 bits per heavy atom. The average Bonchev–Trinajstić information content (AvgIpc) is 2.46. The fraction of sp³-hybridized carbons (Fsp3) is 0.368. The highest BCUT2D eigenvalue weighted by Crippen LogP contribution is 2.28. The van der Waals surface area contributed by atoms with Crippen molar-refractivity contribution in [3.8, 4) is 11.5 Å². The molecule has 1 N–H and O–H groups in total. The van der Waals surface area contributed by atoms with Crippen LogP contribution in [0.2, 0.25) is 0 Å². The van der Waals surface area contributed by atoms with E-state index in [0.717, 1.165) is 24.6 Å². The Balaban J connectivity index is 2.15. The standard InChI is InChI=1S/C19H25NO/c1-5-20-14-15-8-6-7-9-18(15)21-17-12-10-16(11-13-17)19(2,3)4/h6-13,20H,5,14H2,1-4H3. The minimum atomic E-state index is 0.168. The minimum absolute atomic E-state index is 0.168. The largest absolute Gasteiger partial charge is 0.457 e. The van der Waals surface area contributed by atoms with E-state index in [1.54, 1.807) is 0 Å². The van der Waals surface area contributed by atoms with E-state index in [0.29, 0.717) is 0 Å². The van der Waals surface area contributed by atoms with Gasteiger partial charge in [0.25, 0.3) is 0 Å². The Bertz CT molecular complexity index is 567. The Labute approximate surface area is 128 Å². The predicted octanol–water partition coefficient (Wildman–Crippen LogP) is 4.89. The zero-order valence-electron chi connectivity index (χ0n) is 13.4. The number of rotatable bonds is 5. The number of hydrogen-bond acceptors (Lipinski definition) is 2. The van der Waals surface area contributed by atoms with Crippen LogP contribution in [0.15, 0.2) is 48.5 Å². The van der Waals surface area contributed by atoms with Gasteiger partial charge in [0.1, 0.15) is 11.5 Å². The van der Waals surface area contributed by atoms with Crippen LogP contribution in [-0.4, -0.2) is 6.54 Å². The van der Waals surface area contributed by atoms with Crippen molar-refractivity contribution in [1.29, 1.82) is 0 Å². The smallest absolute Gasteiger partial charge is 0.131 e. The molecule has 0 atom stereocenters. The minimum Gasteiger partial charge on any atom is -0.457 e. The van der Waals surface area contributed by atoms with E-state index in [-0.39, 0.29) is 5.41 Å². The maximum absolute atomic E-state index is 6.03. The summed E-state index contributed by atoms with van der Waals surface area (Å²) in [4.78, 5) is 0. The van der Waals surface area contributed by atoms with Crippen LogP contribution >= 0.6 is 0 Å². The number of ether oxygens (including phenoxy) is 1. The summed E-state index contributed by atoms with van der Waals surface area (Å²) >= 11 is 0. The first-order valence-corrected chi connectivity index (χ1v) is 7.57. The molecular formula is C19H25NO. The first-order valence-electron chi connectivity index (χ1n) is 7.57. The molecule has 2 rings (SSSR count). The molecule has 0 bridgehead atoms. The molecule has 0 saturated carbocycles. The molecule has 112 valence electrons. The van der Waals surface area contributed by atoms with Crippen molar-refractivity contribution in [2.75, 3.05) is 6.54 Å². The molecule has 0 radical (unpaired) electrons. The normalized spacial score (nSPS) is 11.4. The van der Waals surface area contributed by atoms with Crippen molar-refractivity contribution in [2.24, 2.45) is 0 Å². The molecule has 0 aliphatic carbocycles. The van der Waals surface area contributed by atoms with Crippen LogP contribution in [0.4, 0.5) is 0 Å². The summed E-state index contributed by atoms with van der Waals surface area (Å²) < 4.78 is 6.03. The second-order valence-corrected chi connectivity index (χ2v) is 6.26. The van der Waals surface area contributed by atoms with Gasteiger partial charge in [-0.2, -0.15) is 0 Å². The summed E-state index contributed by atoms with van der Waals surface area (Å²) in [6.45, 7) is 10.5. The number of hydrogen-bond donors (Lipinski definition) is 1. The highest BCUT2D eigenvalue weighted by molar-refractivity contribution is 5.39. The van der Waals surface area contributed by atoms with Gasteiger partial charge in [-0.25, -0.2) is 0 Å². The Morgan fingerprint density at radius 3 is 2.24 bits per heavy atom. The van der Waals surface area contributed by atoms with Gasteiger partial charge >= 0.3 is 0 Å². The summed E-state index contributed by atoms with van der Waals surface area (Å²) in [5.74, 6) is 1.80. The first kappa shape index (κ1) is 15.6. The molecular weight excluding hydrogens is 258 g/mol. The SMILES string of the molecule is CCNCc1ccccc1Oc1ccc(C(C)(C)C)cc1. The number of para-hydroxylation sites is 1. The van der Waals surface area contributed by atoms with Crippen LogP contribution < -0.4 is 10.1 Å². The molecule has 2 aromatic carbocycles. The van der Waals surface area contributed by atoms with Crippen molar-refractivity contribution in [3.63, 3.8) is 0 Å². The van der Waals surface area contributed by atoms with E-state index in [1.807, 2.05) is 30.3 Å². The summed E-state index contributed by atoms with van der Waals surface area (Å²) in [5.41, 5.74) is 2.66. The topological polar surface area (TPSA) is 21.3 Å². The fourth-order valence-corrected chi connectivity index (χ4v) is 2.16. The van der Waals surface area contributed by atoms with Gasteiger partial charge in [0.2, 0.25) is 0 Å². The molecule has 0 spiro atoms. The third-order valence-corrected chi connectivity index (χ3v) is 3.49. The van der Waals surface area contributed by atoms with Gasteiger partial charge in [-0.1, -0.05) is 58.0 Å². The molecule has 2 heteroatoms. The Kier molecular flexibility index (Phi) is 5.03. The molecule has 0 unspecified atom stereocenters. The van der Waals surface area contributed by atoms with E-state index in [9.17, 15) is 0 Å². The number of nitrogens with one attached hydrogen (secondary N) is 1. The summed E-state index contributed by atoms with van der Waals surface area (Å²) in [6.07, 6.45) is 0. The van der Waals surface area contributed by atoms with E-state index >= 15 is 0 Å². The second kappa shape index (κ2) is 6.77. The molecule has 2 nitrogen and oxygen atoms in total. The van der Waals surface area contributed by atoms with Gasteiger partial charge in [0.15, 0.2) is 0 Å². The molecule has 0 amide bonds. The van der Waals surface area contributed by atoms with Gasteiger partial charge in [-0.15, -0.1) is 0 Å². The lowest BCUT2D eigenvalue weighted by Crippen LogP contribution is -2.12. The van der Waals surface area contributed by atoms with E-state index in [2.05, 4.69) is 51.2 Å². The summed E-state index contributed by atoms with van der Waals surface area (Å²) in [6, 6.07) is 16.5. The Morgan fingerprint density at radius 2 is 1.62 bits per heavy atom. The molecule has 21 heavy (non-hydrogen) atoms. The molecule has 0 heterocycles. The van der Waals surface area contributed by atoms with Crippen molar-refractivity contribution in [1.82, 2.24) is 5.32 Å². The van der Waals surface area contributed by atoms with Crippen LogP contribution in [0.25, 0.3) is 0 Å². The molecule has 2 aromatic rings. The van der Waals surface area contributed by atoms with Crippen molar-refractivity contribution in [2.45, 2.75) is 39.7 Å². The van der Waals surface area contributed by atoms with Crippen LogP contribution in [0, 0.1) is 0 Å². The Hall–Kier alpha value is -1.80. The molecule has 0 aromatic heterocycles. The molecule has 0 aliphatic heterocycles. The zero-order valence-corrected chi connectivity index (χ0v) is 13.4. The molecule has 0 saturated heterocycles. The average molecular weight is 283 g/mol. The lowest BCUT2D eigenvalue weighted by molar-refractivity contribution is 0.472. The van der Waals surface area contributed by atoms with Crippen LogP contribution in [0.3, 0.4) is 0 Å². The van der Waals surface area contributed by atoms with Gasteiger partial charge in [0, 0.05) is 12.1 Å². The molecule has 0 fully saturated rings. The maximum atomic E-state index is 6.03. The van der Waals surface area contributed by atoms with Gasteiger partial charge in [0.05, 0.1) is 0 Å². The van der Waals surface area contributed by atoms with Crippen LogP contribution in [0.1, 0.15) is 38.8 Å². The van der Waals surface area contributed by atoms with Gasteiger partial charge in [-0.3, -0.25) is 0 Å². The monoisotopic (exact) mass is 283 g/mol. The summed E-state index contributed by atoms with van der Waals surface area (Å²) in [5, 5.41) is 3.34. The van der Waals surface area contributed by atoms with Crippen LogP contribution in [0.5, 0.6) is 11.5 Å². The summed E-state index contributed by atoms with van der Waals surface area (Å²) in [7, 11) is 0. The zero-order chi connectivity index (χ0) is 15.3. The third-order valence-electron chi connectivity index (χ3n) is 3.49. The van der Waals surface area contributed by atoms with Crippen molar-refractivity contribution < 1.29 is 4.74 Å². The van der Waals surface area contributed by atoms with Crippen molar-refractivity contribution in [3.05, 3.63) is 59.7 Å². The third kappa shape index (κ3) is 4.33. The second-order valence-electron chi connectivity index (χ2n) is 6.26. The number of benzene rings is 2. The maximum Gasteiger partial charge on any atom is 0.131 e.